The fourth-order valence-electron chi connectivity index (χ4n) is 3.60. The molecule has 5 aromatic rings. The summed E-state index contributed by atoms with van der Waals surface area (Å²) in [4.78, 5) is 14.2. The second-order valence-corrected chi connectivity index (χ2v) is 11.3. The number of hydrogen-bond donors (Lipinski definition) is 0. The zero-order chi connectivity index (χ0) is 22.7. The molecule has 0 unspecified atom stereocenters. The van der Waals surface area contributed by atoms with E-state index < -0.39 is 9.84 Å². The standard InChI is InChI=1S/C25H17OS.C2H5O2S.CH4/c26-25-21-10-4-6-12-23(21)27(24-13-7-5-11-22(24)25)20-16-14-19(15-17-20)18-8-2-1-3-9-18;1-5(2,3)4;/h1-17H;1H2,2H3;1H4/q+1;-1;. The molecule has 5 rings (SSSR count). The van der Waals surface area contributed by atoms with E-state index in [0.717, 1.165) is 26.4 Å². The molecule has 5 heteroatoms. The molecule has 168 valence electrons. The topological polar surface area (TPSA) is 51.2 Å². The summed E-state index contributed by atoms with van der Waals surface area (Å²) < 4.78 is 21.3. The van der Waals surface area contributed by atoms with Gasteiger partial charge in [0, 0.05) is 26.6 Å². The predicted molar refractivity (Wildman–Crippen MR) is 144 cm³/mol. The summed E-state index contributed by atoms with van der Waals surface area (Å²) in [7, 11) is -3.18. The van der Waals surface area contributed by atoms with Crippen LogP contribution in [0.1, 0.15) is 7.43 Å². The number of sulfone groups is 1. The van der Waals surface area contributed by atoms with E-state index >= 15 is 0 Å². The average molecular weight is 475 g/mol. The first-order valence-electron chi connectivity index (χ1n) is 9.98. The van der Waals surface area contributed by atoms with Gasteiger partial charge in [-0.1, -0.05) is 62.0 Å². The Morgan fingerprint density at radius 1 is 0.636 bits per heavy atom. The summed E-state index contributed by atoms with van der Waals surface area (Å²) >= 11 is 0. The van der Waals surface area contributed by atoms with Gasteiger partial charge < -0.3 is 0 Å². The van der Waals surface area contributed by atoms with Gasteiger partial charge in [-0.3, -0.25) is 13.2 Å². The summed E-state index contributed by atoms with van der Waals surface area (Å²) in [6, 6.07) is 35.2. The summed E-state index contributed by atoms with van der Waals surface area (Å²) in [6.45, 7) is 0. The fraction of sp³-hybridized carbons (Fsp3) is 0.0714. The molecule has 0 bridgehead atoms. The quantitative estimate of drug-likeness (QED) is 0.154. The van der Waals surface area contributed by atoms with Gasteiger partial charge in [0.2, 0.25) is 5.43 Å². The largest absolute Gasteiger partial charge is 0.288 e. The maximum Gasteiger partial charge on any atom is 0.203 e. The first-order valence-corrected chi connectivity index (χ1v) is 13.3. The van der Waals surface area contributed by atoms with Gasteiger partial charge in [-0.2, -0.15) is 0 Å². The SMILES string of the molecule is C.O=c1c2ccccc2[s+](-c2ccc(-c3ccccc3)cc2)c2ccccc12.[CH2-]S(C)(=O)=O. The monoisotopic (exact) mass is 474 g/mol. The van der Waals surface area contributed by atoms with Crippen LogP contribution in [-0.4, -0.2) is 14.7 Å². The van der Waals surface area contributed by atoms with Gasteiger partial charge in [-0.15, -0.1) is 0 Å². The van der Waals surface area contributed by atoms with Gasteiger partial charge in [-0.25, -0.2) is 6.26 Å². The third-order valence-corrected chi connectivity index (χ3v) is 7.24. The van der Waals surface area contributed by atoms with Crippen LogP contribution in [0.3, 0.4) is 0 Å². The maximum absolute atomic E-state index is 12.9. The van der Waals surface area contributed by atoms with Crippen molar-refractivity contribution >= 4 is 40.5 Å². The molecule has 0 spiro atoms. The van der Waals surface area contributed by atoms with Gasteiger partial charge in [0.1, 0.15) is 0 Å². The molecule has 0 aliphatic heterocycles. The van der Waals surface area contributed by atoms with Crippen molar-refractivity contribution < 1.29 is 8.42 Å². The molecular formula is C28H26O3S2. The zero-order valence-electron chi connectivity index (χ0n) is 17.6. The van der Waals surface area contributed by atoms with Gasteiger partial charge in [0.05, 0.1) is 10.8 Å². The van der Waals surface area contributed by atoms with Crippen molar-refractivity contribution in [2.75, 3.05) is 6.26 Å². The summed E-state index contributed by atoms with van der Waals surface area (Å²) in [6.07, 6.45) is 3.79. The Balaban J connectivity index is 0.000000465. The number of fused-ring (bicyclic) bond motifs is 2. The smallest absolute Gasteiger partial charge is 0.203 e. The first-order chi connectivity index (χ1) is 15.3. The average Bonchev–Trinajstić information content (AvgIpc) is 2.79. The fourth-order valence-corrected chi connectivity index (χ4v) is 5.94. The minimum atomic E-state index is -2.92. The summed E-state index contributed by atoms with van der Waals surface area (Å²) in [5, 5.41) is 1.65. The normalized spacial score (nSPS) is 10.8. The van der Waals surface area contributed by atoms with Crippen LogP contribution in [0.25, 0.3) is 36.2 Å². The molecule has 1 aromatic heterocycles. The van der Waals surface area contributed by atoms with Crippen LogP contribution in [0.4, 0.5) is 0 Å². The van der Waals surface area contributed by atoms with E-state index in [1.807, 2.05) is 42.5 Å². The molecule has 0 amide bonds. The molecule has 0 atom stereocenters. The molecule has 0 aliphatic rings. The molecule has 33 heavy (non-hydrogen) atoms. The van der Waals surface area contributed by atoms with E-state index in [-0.39, 0.29) is 23.3 Å². The number of hydrogen-bond acceptors (Lipinski definition) is 3. The second kappa shape index (κ2) is 10.1. The molecular weight excluding hydrogens is 448 g/mol. The Morgan fingerprint density at radius 3 is 1.52 bits per heavy atom. The Hall–Kier alpha value is -3.28. The highest BCUT2D eigenvalue weighted by Crippen LogP contribution is 2.43. The van der Waals surface area contributed by atoms with Crippen molar-refractivity contribution in [1.82, 2.24) is 0 Å². The minimum Gasteiger partial charge on any atom is -0.288 e. The molecule has 0 N–H and O–H groups in total. The Labute approximate surface area is 197 Å². The highest BCUT2D eigenvalue weighted by molar-refractivity contribution is 7.91. The Kier molecular flexibility index (Phi) is 7.46. The zero-order valence-corrected chi connectivity index (χ0v) is 19.2. The van der Waals surface area contributed by atoms with Crippen LogP contribution in [0.15, 0.2) is 108 Å². The third kappa shape index (κ3) is 5.56. The third-order valence-electron chi connectivity index (χ3n) is 4.90. The van der Waals surface area contributed by atoms with Gasteiger partial charge in [0.15, 0.2) is 14.3 Å². The second-order valence-electron chi connectivity index (χ2n) is 7.44. The van der Waals surface area contributed by atoms with E-state index in [9.17, 15) is 13.2 Å². The van der Waals surface area contributed by atoms with E-state index in [1.54, 1.807) is 0 Å². The Bertz CT molecular complexity index is 1480. The van der Waals surface area contributed by atoms with Crippen molar-refractivity contribution in [2.24, 2.45) is 0 Å². The lowest BCUT2D eigenvalue weighted by molar-refractivity contribution is 0.610. The first kappa shape index (κ1) is 24.4. The molecule has 0 saturated carbocycles. The van der Waals surface area contributed by atoms with Crippen molar-refractivity contribution in [1.29, 1.82) is 0 Å². The van der Waals surface area contributed by atoms with E-state index in [1.165, 1.54) is 16.0 Å². The van der Waals surface area contributed by atoms with Crippen LogP contribution in [0.2, 0.25) is 0 Å². The van der Waals surface area contributed by atoms with Gasteiger partial charge in [-0.05, 0) is 59.7 Å². The highest BCUT2D eigenvalue weighted by atomic mass is 32.2. The lowest BCUT2D eigenvalue weighted by Crippen LogP contribution is -2.01. The van der Waals surface area contributed by atoms with Gasteiger partial charge in [0.25, 0.3) is 0 Å². The molecule has 0 aliphatic carbocycles. The summed E-state index contributed by atoms with van der Waals surface area (Å²) in [5.74, 6) is 0. The van der Waals surface area contributed by atoms with E-state index in [0.29, 0.717) is 0 Å². The molecule has 1 heterocycles. The van der Waals surface area contributed by atoms with E-state index in [2.05, 4.69) is 66.9 Å². The molecule has 0 saturated heterocycles. The lowest BCUT2D eigenvalue weighted by Gasteiger charge is -2.04. The lowest BCUT2D eigenvalue weighted by atomic mass is 10.1. The number of rotatable bonds is 2. The maximum atomic E-state index is 12.9. The van der Waals surface area contributed by atoms with Crippen LogP contribution < -0.4 is 5.43 Å². The molecule has 4 aromatic carbocycles. The number of benzene rings is 4. The van der Waals surface area contributed by atoms with Crippen molar-refractivity contribution in [3.8, 4) is 16.0 Å². The van der Waals surface area contributed by atoms with Crippen molar-refractivity contribution in [3.05, 3.63) is 120 Å². The van der Waals surface area contributed by atoms with Crippen LogP contribution in [-0.2, 0) is 9.84 Å². The van der Waals surface area contributed by atoms with Gasteiger partial charge >= 0.3 is 0 Å². The summed E-state index contributed by atoms with van der Waals surface area (Å²) in [5.41, 5.74) is 2.55. The van der Waals surface area contributed by atoms with Crippen LogP contribution in [0, 0.1) is 6.26 Å². The Morgan fingerprint density at radius 2 is 1.03 bits per heavy atom. The van der Waals surface area contributed by atoms with Crippen molar-refractivity contribution in [2.45, 2.75) is 7.43 Å². The van der Waals surface area contributed by atoms with E-state index in [4.69, 9.17) is 0 Å². The van der Waals surface area contributed by atoms with Crippen LogP contribution in [0.5, 0.6) is 0 Å². The predicted octanol–water partition coefficient (Wildman–Crippen LogP) is 7.22. The molecule has 3 nitrogen and oxygen atoms in total. The molecule has 0 radical (unpaired) electrons. The minimum absolute atomic E-state index is 0. The highest BCUT2D eigenvalue weighted by Gasteiger charge is 2.22. The van der Waals surface area contributed by atoms with Crippen LogP contribution >= 0.6 is 10.5 Å². The molecule has 0 fully saturated rings. The van der Waals surface area contributed by atoms with Crippen molar-refractivity contribution in [3.63, 3.8) is 0 Å².